The number of hydrogen-bond acceptors (Lipinski definition) is 3. The van der Waals surface area contributed by atoms with E-state index in [4.69, 9.17) is 4.74 Å². The lowest BCUT2D eigenvalue weighted by atomic mass is 10.1. The van der Waals surface area contributed by atoms with Gasteiger partial charge in [-0.05, 0) is 35.9 Å². The number of para-hydroxylation sites is 1. The molecule has 132 valence electrons. The highest BCUT2D eigenvalue weighted by atomic mass is 32.1. The van der Waals surface area contributed by atoms with Gasteiger partial charge in [0.25, 0.3) is 5.91 Å². The van der Waals surface area contributed by atoms with E-state index >= 15 is 0 Å². The van der Waals surface area contributed by atoms with E-state index in [0.29, 0.717) is 0 Å². The van der Waals surface area contributed by atoms with E-state index in [1.165, 1.54) is 4.88 Å². The number of amides is 1. The first-order valence-electron chi connectivity index (χ1n) is 8.93. The molecule has 0 N–H and O–H groups in total. The Morgan fingerprint density at radius 2 is 1.85 bits per heavy atom. The Labute approximate surface area is 157 Å². The van der Waals surface area contributed by atoms with Gasteiger partial charge >= 0.3 is 0 Å². The molecule has 0 spiro atoms. The third-order valence-corrected chi connectivity index (χ3v) is 5.74. The Balaban J connectivity index is 1.47. The fourth-order valence-corrected chi connectivity index (χ4v) is 4.39. The van der Waals surface area contributed by atoms with Crippen LogP contribution < -0.4 is 4.74 Å². The van der Waals surface area contributed by atoms with Gasteiger partial charge < -0.3 is 9.64 Å². The maximum Gasteiger partial charge on any atom is 0.261 e. The van der Waals surface area contributed by atoms with Gasteiger partial charge in [-0.1, -0.05) is 54.6 Å². The Kier molecular flexibility index (Phi) is 5.02. The van der Waals surface area contributed by atoms with Crippen LogP contribution in [0.15, 0.2) is 72.1 Å². The van der Waals surface area contributed by atoms with Crippen LogP contribution in [0.5, 0.6) is 5.75 Å². The van der Waals surface area contributed by atoms with Crippen LogP contribution in [-0.4, -0.2) is 24.0 Å². The first-order valence-corrected chi connectivity index (χ1v) is 9.81. The van der Waals surface area contributed by atoms with Gasteiger partial charge in [-0.15, -0.1) is 11.3 Å². The molecule has 0 radical (unpaired) electrons. The highest BCUT2D eigenvalue weighted by molar-refractivity contribution is 7.10. The second kappa shape index (κ2) is 7.75. The third-order valence-electron chi connectivity index (χ3n) is 4.77. The van der Waals surface area contributed by atoms with Crippen molar-refractivity contribution in [2.24, 2.45) is 0 Å². The van der Waals surface area contributed by atoms with Crippen molar-refractivity contribution in [3.63, 3.8) is 0 Å². The maximum absolute atomic E-state index is 12.8. The number of ether oxygens (including phenoxy) is 1. The van der Waals surface area contributed by atoms with Gasteiger partial charge in [-0.25, -0.2) is 0 Å². The molecular formula is C22H21NO2S. The third kappa shape index (κ3) is 3.51. The summed E-state index contributed by atoms with van der Waals surface area (Å²) in [5.41, 5.74) is 2.10. The summed E-state index contributed by atoms with van der Waals surface area (Å²) in [4.78, 5) is 16.0. The predicted octanol–water partition coefficient (Wildman–Crippen LogP) is 5.16. The minimum atomic E-state index is 0.0590. The molecule has 1 aliphatic rings. The zero-order valence-corrected chi connectivity index (χ0v) is 15.3. The summed E-state index contributed by atoms with van der Waals surface area (Å²) in [5, 5.41) is 2.07. The lowest BCUT2D eigenvalue weighted by Crippen LogP contribution is -2.34. The summed E-state index contributed by atoms with van der Waals surface area (Å²) in [6.07, 6.45) is 2.09. The molecule has 2 heterocycles. The molecule has 1 aromatic heterocycles. The molecule has 1 saturated heterocycles. The van der Waals surface area contributed by atoms with E-state index in [0.717, 1.165) is 36.3 Å². The van der Waals surface area contributed by atoms with Crippen LogP contribution in [0.1, 0.15) is 23.8 Å². The molecule has 1 fully saturated rings. The van der Waals surface area contributed by atoms with Gasteiger partial charge in [-0.2, -0.15) is 0 Å². The summed E-state index contributed by atoms with van der Waals surface area (Å²) < 4.78 is 5.94. The van der Waals surface area contributed by atoms with E-state index in [9.17, 15) is 4.79 Å². The lowest BCUT2D eigenvalue weighted by molar-refractivity contribution is -0.134. The second-order valence-corrected chi connectivity index (χ2v) is 7.39. The number of benzene rings is 2. The molecule has 0 bridgehead atoms. The molecule has 1 aliphatic heterocycles. The number of hydrogen-bond donors (Lipinski definition) is 0. The molecule has 4 heteroatoms. The van der Waals surface area contributed by atoms with Crippen molar-refractivity contribution in [2.75, 3.05) is 13.2 Å². The van der Waals surface area contributed by atoms with Gasteiger partial charge in [0.2, 0.25) is 0 Å². The number of carbonyl (C=O) groups excluding carboxylic acids is 1. The SMILES string of the molecule is O=C(COc1ccccc1-c1ccccc1)N1CCC[C@@H]1c1cccs1. The number of nitrogens with zero attached hydrogens (tertiary/aromatic N) is 1. The smallest absolute Gasteiger partial charge is 0.261 e. The van der Waals surface area contributed by atoms with Gasteiger partial charge in [0.15, 0.2) is 6.61 Å². The monoisotopic (exact) mass is 363 g/mol. The van der Waals surface area contributed by atoms with Crippen molar-refractivity contribution in [3.05, 3.63) is 77.0 Å². The average Bonchev–Trinajstić information content (AvgIpc) is 3.38. The number of carbonyl (C=O) groups is 1. The number of rotatable bonds is 5. The second-order valence-electron chi connectivity index (χ2n) is 6.41. The van der Waals surface area contributed by atoms with Gasteiger partial charge in [0.05, 0.1) is 6.04 Å². The van der Waals surface area contributed by atoms with E-state index in [1.807, 2.05) is 53.4 Å². The lowest BCUT2D eigenvalue weighted by Gasteiger charge is -2.24. The fourth-order valence-electron chi connectivity index (χ4n) is 3.51. The number of likely N-dealkylation sites (tertiary alicyclic amines) is 1. The zero-order valence-electron chi connectivity index (χ0n) is 14.5. The average molecular weight is 363 g/mol. The first-order chi connectivity index (χ1) is 12.8. The largest absolute Gasteiger partial charge is 0.483 e. The topological polar surface area (TPSA) is 29.5 Å². The van der Waals surface area contributed by atoms with Crippen LogP contribution in [0.4, 0.5) is 0 Å². The van der Waals surface area contributed by atoms with Gasteiger partial charge in [-0.3, -0.25) is 4.79 Å². The fraction of sp³-hybridized carbons (Fsp3) is 0.227. The molecule has 0 saturated carbocycles. The van der Waals surface area contributed by atoms with E-state index in [1.54, 1.807) is 11.3 Å². The number of thiophene rings is 1. The van der Waals surface area contributed by atoms with Crippen LogP contribution in [0.2, 0.25) is 0 Å². The molecule has 1 atom stereocenters. The van der Waals surface area contributed by atoms with Crippen molar-refractivity contribution in [1.82, 2.24) is 4.90 Å². The van der Waals surface area contributed by atoms with E-state index in [2.05, 4.69) is 23.6 Å². The minimum Gasteiger partial charge on any atom is -0.483 e. The predicted molar refractivity (Wildman–Crippen MR) is 105 cm³/mol. The normalized spacial score (nSPS) is 16.6. The van der Waals surface area contributed by atoms with Crippen LogP contribution in [0, 0.1) is 0 Å². The van der Waals surface area contributed by atoms with Crippen LogP contribution in [-0.2, 0) is 4.79 Å². The molecule has 0 aliphatic carbocycles. The van der Waals surface area contributed by atoms with Crippen LogP contribution in [0.25, 0.3) is 11.1 Å². The Bertz CT molecular complexity index is 861. The standard InChI is InChI=1S/C22H21NO2S/c24-22(23-14-6-11-19(23)21-13-7-15-26-21)16-25-20-12-5-4-10-18(20)17-8-2-1-3-9-17/h1-5,7-10,12-13,15,19H,6,11,14,16H2/t19-/m1/s1. The van der Waals surface area contributed by atoms with Crippen molar-refractivity contribution in [1.29, 1.82) is 0 Å². The van der Waals surface area contributed by atoms with Crippen molar-refractivity contribution in [3.8, 4) is 16.9 Å². The summed E-state index contributed by atoms with van der Waals surface area (Å²) in [6, 6.07) is 22.4. The van der Waals surface area contributed by atoms with Gasteiger partial charge in [0.1, 0.15) is 5.75 Å². The molecule has 4 rings (SSSR count). The van der Waals surface area contributed by atoms with E-state index < -0.39 is 0 Å². The zero-order chi connectivity index (χ0) is 17.8. The first kappa shape index (κ1) is 16.9. The van der Waals surface area contributed by atoms with E-state index in [-0.39, 0.29) is 18.6 Å². The summed E-state index contributed by atoms with van der Waals surface area (Å²) in [6.45, 7) is 0.886. The molecule has 0 unspecified atom stereocenters. The Morgan fingerprint density at radius 3 is 2.65 bits per heavy atom. The molecule has 1 amide bonds. The maximum atomic E-state index is 12.8. The molecular weight excluding hydrogens is 342 g/mol. The summed E-state index contributed by atoms with van der Waals surface area (Å²) >= 11 is 1.72. The van der Waals surface area contributed by atoms with Crippen molar-refractivity contribution in [2.45, 2.75) is 18.9 Å². The van der Waals surface area contributed by atoms with Gasteiger partial charge in [0, 0.05) is 17.0 Å². The quantitative estimate of drug-likeness (QED) is 0.627. The molecule has 2 aromatic carbocycles. The van der Waals surface area contributed by atoms with Crippen LogP contribution >= 0.6 is 11.3 Å². The van der Waals surface area contributed by atoms with Crippen LogP contribution in [0.3, 0.4) is 0 Å². The highest BCUT2D eigenvalue weighted by Gasteiger charge is 2.30. The highest BCUT2D eigenvalue weighted by Crippen LogP contribution is 2.35. The minimum absolute atomic E-state index is 0.0590. The summed E-state index contributed by atoms with van der Waals surface area (Å²) in [7, 11) is 0. The Morgan fingerprint density at radius 1 is 1.04 bits per heavy atom. The molecule has 3 aromatic rings. The summed E-state index contributed by atoms with van der Waals surface area (Å²) in [5.74, 6) is 0.808. The molecule has 3 nitrogen and oxygen atoms in total. The van der Waals surface area contributed by atoms with Crippen molar-refractivity contribution < 1.29 is 9.53 Å². The molecule has 26 heavy (non-hydrogen) atoms. The van der Waals surface area contributed by atoms with Crippen molar-refractivity contribution >= 4 is 17.2 Å². The Hall–Kier alpha value is -2.59.